The topological polar surface area (TPSA) is 116 Å². The fourth-order valence-electron chi connectivity index (χ4n) is 2.33. The van der Waals surface area contributed by atoms with E-state index in [2.05, 4.69) is 15.1 Å². The Hall–Kier alpha value is -1.39. The first-order valence-electron chi connectivity index (χ1n) is 6.09. The van der Waals surface area contributed by atoms with E-state index in [4.69, 9.17) is 22.1 Å². The maximum Gasteiger partial charge on any atom is 0.181 e. The van der Waals surface area contributed by atoms with Gasteiger partial charge in [-0.3, -0.25) is 0 Å². The van der Waals surface area contributed by atoms with Crippen LogP contribution in [-0.4, -0.2) is 60.0 Å². The molecule has 0 bridgehead atoms. The molecule has 0 aromatic carbocycles. The van der Waals surface area contributed by atoms with Crippen LogP contribution in [0.1, 0.15) is 12.1 Å². The van der Waals surface area contributed by atoms with Gasteiger partial charge in [-0.1, -0.05) is 12.2 Å². The lowest BCUT2D eigenvalue weighted by molar-refractivity contribution is -0.0566. The quantitative estimate of drug-likeness (QED) is 0.547. The number of fused-ring (bicyclic) bond motifs is 1. The minimum absolute atomic E-state index is 0.384. The van der Waals surface area contributed by atoms with E-state index in [0.29, 0.717) is 21.5 Å². The Morgan fingerprint density at radius 2 is 2.20 bits per heavy atom. The Kier molecular flexibility index (Phi) is 3.30. The summed E-state index contributed by atoms with van der Waals surface area (Å²) in [5.41, 5.74) is 0.553. The normalized spacial score (nSPS) is 30.2. The van der Waals surface area contributed by atoms with Crippen molar-refractivity contribution in [3.63, 3.8) is 0 Å². The van der Waals surface area contributed by atoms with E-state index >= 15 is 0 Å². The van der Waals surface area contributed by atoms with Crippen molar-refractivity contribution in [3.8, 4) is 0 Å². The number of ether oxygens (including phenoxy) is 1. The lowest BCUT2D eigenvalue weighted by Gasteiger charge is -2.16. The predicted molar refractivity (Wildman–Crippen MR) is 70.5 cm³/mol. The summed E-state index contributed by atoms with van der Waals surface area (Å²) in [7, 11) is 0. The zero-order valence-electron chi connectivity index (χ0n) is 10.6. The highest BCUT2D eigenvalue weighted by Gasteiger charge is 2.44. The van der Waals surface area contributed by atoms with Gasteiger partial charge in [-0.25, -0.2) is 9.67 Å². The van der Waals surface area contributed by atoms with Crippen molar-refractivity contribution in [2.45, 2.75) is 31.5 Å². The molecule has 2 aromatic rings. The van der Waals surface area contributed by atoms with E-state index in [1.807, 2.05) is 0 Å². The number of aromatic nitrogens is 4. The van der Waals surface area contributed by atoms with Gasteiger partial charge in [0, 0.05) is 0 Å². The molecule has 1 saturated heterocycles. The van der Waals surface area contributed by atoms with E-state index in [1.165, 1.54) is 10.9 Å². The van der Waals surface area contributed by atoms with Crippen LogP contribution in [0.15, 0.2) is 6.20 Å². The predicted octanol–water partition coefficient (Wildman–Crippen LogP) is -0.591. The molecule has 4 N–H and O–H groups in total. The fourth-order valence-corrected chi connectivity index (χ4v) is 2.62. The summed E-state index contributed by atoms with van der Waals surface area (Å²) in [6.45, 7) is 1.37. The maximum absolute atomic E-state index is 10.0. The molecule has 1 aliphatic rings. The van der Waals surface area contributed by atoms with Crippen LogP contribution in [0.2, 0.25) is 0 Å². The molecule has 20 heavy (non-hydrogen) atoms. The second-order valence-corrected chi connectivity index (χ2v) is 5.09. The van der Waals surface area contributed by atoms with E-state index in [-0.39, 0.29) is 6.61 Å². The summed E-state index contributed by atoms with van der Waals surface area (Å²) in [6.07, 6.45) is -2.58. The van der Waals surface area contributed by atoms with Gasteiger partial charge in [-0.15, -0.1) is 0 Å². The molecular formula is C11H14N4O4S. The van der Waals surface area contributed by atoms with E-state index in [1.54, 1.807) is 6.92 Å². The van der Waals surface area contributed by atoms with Crippen molar-refractivity contribution in [2.24, 2.45) is 0 Å². The molecule has 108 valence electrons. The fraction of sp³-hybridized carbons (Fsp3) is 0.545. The highest BCUT2D eigenvalue weighted by atomic mass is 32.1. The molecule has 0 amide bonds. The third-order valence-corrected chi connectivity index (χ3v) is 3.66. The molecule has 0 aliphatic carbocycles. The number of aryl methyl sites for hydroxylation is 1. The molecule has 1 unspecified atom stereocenters. The van der Waals surface area contributed by atoms with Crippen LogP contribution in [0.3, 0.4) is 0 Å². The second-order valence-electron chi connectivity index (χ2n) is 4.71. The number of aromatic amines is 1. The second kappa shape index (κ2) is 4.86. The first kappa shape index (κ1) is 13.6. The Labute approximate surface area is 118 Å². The molecule has 8 nitrogen and oxygen atoms in total. The molecule has 1 fully saturated rings. The average molecular weight is 298 g/mol. The zero-order chi connectivity index (χ0) is 14.4. The lowest BCUT2D eigenvalue weighted by Crippen LogP contribution is -2.33. The van der Waals surface area contributed by atoms with Crippen molar-refractivity contribution >= 4 is 23.3 Å². The van der Waals surface area contributed by atoms with Gasteiger partial charge >= 0.3 is 0 Å². The molecule has 0 spiro atoms. The van der Waals surface area contributed by atoms with Crippen molar-refractivity contribution in [1.29, 1.82) is 0 Å². The number of nitrogens with one attached hydrogen (secondary N) is 1. The number of nitrogens with zero attached hydrogens (tertiary/aromatic N) is 3. The summed E-state index contributed by atoms with van der Waals surface area (Å²) in [5.74, 6) is 0.607. The van der Waals surface area contributed by atoms with Crippen molar-refractivity contribution in [2.75, 3.05) is 6.61 Å². The van der Waals surface area contributed by atoms with Gasteiger partial charge in [0.05, 0.1) is 18.2 Å². The van der Waals surface area contributed by atoms with E-state index in [9.17, 15) is 10.2 Å². The molecule has 0 radical (unpaired) electrons. The molecule has 3 rings (SSSR count). The molecule has 4 atom stereocenters. The largest absolute Gasteiger partial charge is 0.394 e. The number of aliphatic hydroxyl groups is 3. The molecule has 1 aliphatic heterocycles. The van der Waals surface area contributed by atoms with Crippen molar-refractivity contribution < 1.29 is 20.1 Å². The summed E-state index contributed by atoms with van der Waals surface area (Å²) in [6, 6.07) is 0. The van der Waals surface area contributed by atoms with Crippen LogP contribution in [0.5, 0.6) is 0 Å². The minimum atomic E-state index is -1.19. The molecule has 0 saturated carbocycles. The Morgan fingerprint density at radius 1 is 1.45 bits per heavy atom. The smallest absolute Gasteiger partial charge is 0.181 e. The molecular weight excluding hydrogens is 284 g/mol. The lowest BCUT2D eigenvalue weighted by atomic mass is 10.1. The van der Waals surface area contributed by atoms with Crippen LogP contribution in [0.25, 0.3) is 11.0 Å². The van der Waals surface area contributed by atoms with E-state index in [0.717, 1.165) is 0 Å². The van der Waals surface area contributed by atoms with Gasteiger partial charge in [0.1, 0.15) is 34.4 Å². The van der Waals surface area contributed by atoms with Crippen LogP contribution in [0, 0.1) is 11.6 Å². The SMILES string of the molecule is Cc1nc(=S)c2cnn(C3O[C@H](CO)[C@@H](O)[C@H]3O)c2[nH]1. The number of hydrogen-bond donors (Lipinski definition) is 4. The van der Waals surface area contributed by atoms with Gasteiger partial charge in [0.25, 0.3) is 0 Å². The van der Waals surface area contributed by atoms with Crippen LogP contribution < -0.4 is 0 Å². The van der Waals surface area contributed by atoms with Crippen molar-refractivity contribution in [3.05, 3.63) is 16.7 Å². The van der Waals surface area contributed by atoms with Gasteiger partial charge in [-0.05, 0) is 6.92 Å². The number of rotatable bonds is 2. The molecule has 2 aromatic heterocycles. The van der Waals surface area contributed by atoms with Gasteiger partial charge in [-0.2, -0.15) is 5.10 Å². The Morgan fingerprint density at radius 3 is 2.85 bits per heavy atom. The summed E-state index contributed by atoms with van der Waals surface area (Å²) < 4.78 is 7.25. The maximum atomic E-state index is 10.0. The third kappa shape index (κ3) is 1.95. The Balaban J connectivity index is 2.09. The summed E-state index contributed by atoms with van der Waals surface area (Å²) in [5, 5.41) is 33.7. The summed E-state index contributed by atoms with van der Waals surface area (Å²) >= 11 is 5.15. The highest BCUT2D eigenvalue weighted by molar-refractivity contribution is 7.71. The number of H-pyrrole nitrogens is 1. The number of aliphatic hydroxyl groups excluding tert-OH is 3. The van der Waals surface area contributed by atoms with Crippen LogP contribution in [-0.2, 0) is 4.74 Å². The van der Waals surface area contributed by atoms with Gasteiger partial charge < -0.3 is 25.0 Å². The average Bonchev–Trinajstić information content (AvgIpc) is 2.93. The Bertz CT molecular complexity index is 699. The zero-order valence-corrected chi connectivity index (χ0v) is 11.4. The first-order chi connectivity index (χ1) is 9.52. The number of hydrogen-bond acceptors (Lipinski definition) is 7. The minimum Gasteiger partial charge on any atom is -0.394 e. The summed E-state index contributed by atoms with van der Waals surface area (Å²) in [4.78, 5) is 7.13. The highest BCUT2D eigenvalue weighted by Crippen LogP contribution is 2.30. The van der Waals surface area contributed by atoms with Crippen LogP contribution >= 0.6 is 12.2 Å². The molecule has 3 heterocycles. The van der Waals surface area contributed by atoms with Crippen molar-refractivity contribution in [1.82, 2.24) is 19.7 Å². The first-order valence-corrected chi connectivity index (χ1v) is 6.50. The molecule has 9 heteroatoms. The van der Waals surface area contributed by atoms with Gasteiger partial charge in [0.2, 0.25) is 0 Å². The van der Waals surface area contributed by atoms with Crippen LogP contribution in [0.4, 0.5) is 0 Å². The van der Waals surface area contributed by atoms with Gasteiger partial charge in [0.15, 0.2) is 6.23 Å². The standard InChI is InChI=1S/C11H14N4O4S/c1-4-13-9-5(10(20)14-4)2-12-15(9)11-8(18)7(17)6(3-16)19-11/h2,6-8,11,16-18H,3H2,1H3,(H,13,14,20)/t6-,7-,8-,11?/m1/s1. The third-order valence-electron chi connectivity index (χ3n) is 3.35. The van der Waals surface area contributed by atoms with E-state index < -0.39 is 24.5 Å². The monoisotopic (exact) mass is 298 g/mol.